The SMILES string of the molecule is CN(C)[C@@H]1CN(C(=O)c2cc(-n3ccnc3)ccn2)C[C@@H]1n1ccnn1. The van der Waals surface area contributed by atoms with Gasteiger partial charge in [0.2, 0.25) is 0 Å². The summed E-state index contributed by atoms with van der Waals surface area (Å²) in [7, 11) is 4.03. The van der Waals surface area contributed by atoms with Crippen LogP contribution < -0.4 is 0 Å². The van der Waals surface area contributed by atoms with E-state index in [1.807, 2.05) is 46.7 Å². The first-order chi connectivity index (χ1) is 12.6. The molecule has 0 unspecified atom stereocenters. The third kappa shape index (κ3) is 2.97. The molecule has 0 aliphatic carbocycles. The molecule has 1 aliphatic heterocycles. The third-order valence-corrected chi connectivity index (χ3v) is 4.76. The summed E-state index contributed by atoms with van der Waals surface area (Å²) < 4.78 is 3.68. The summed E-state index contributed by atoms with van der Waals surface area (Å²) in [5.74, 6) is -0.0820. The van der Waals surface area contributed by atoms with Crippen LogP contribution in [0.3, 0.4) is 0 Å². The average molecular weight is 352 g/mol. The number of likely N-dealkylation sites (N-methyl/N-ethyl adjacent to an activating group) is 1. The van der Waals surface area contributed by atoms with Crippen LogP contribution in [0.4, 0.5) is 0 Å². The van der Waals surface area contributed by atoms with Gasteiger partial charge < -0.3 is 14.4 Å². The number of hydrogen-bond acceptors (Lipinski definition) is 6. The van der Waals surface area contributed by atoms with E-state index < -0.39 is 0 Å². The maximum atomic E-state index is 13.0. The van der Waals surface area contributed by atoms with Gasteiger partial charge in [0, 0.05) is 37.9 Å². The molecule has 1 saturated heterocycles. The molecule has 0 spiro atoms. The molecule has 0 bridgehead atoms. The van der Waals surface area contributed by atoms with Crippen molar-refractivity contribution in [1.29, 1.82) is 0 Å². The number of carbonyl (C=O) groups excluding carboxylic acids is 1. The largest absolute Gasteiger partial charge is 0.333 e. The second kappa shape index (κ2) is 6.68. The summed E-state index contributed by atoms with van der Waals surface area (Å²) in [5, 5.41) is 8.02. The van der Waals surface area contributed by atoms with Gasteiger partial charge in [0.15, 0.2) is 0 Å². The minimum absolute atomic E-state index is 0.0632. The number of hydrogen-bond donors (Lipinski definition) is 0. The number of imidazole rings is 1. The second-order valence-corrected chi connectivity index (χ2v) is 6.56. The molecule has 1 amide bonds. The van der Waals surface area contributed by atoms with Crippen LogP contribution in [0.15, 0.2) is 49.4 Å². The van der Waals surface area contributed by atoms with Crippen LogP contribution in [0.1, 0.15) is 16.5 Å². The quantitative estimate of drug-likeness (QED) is 0.679. The zero-order valence-corrected chi connectivity index (χ0v) is 14.7. The molecule has 0 radical (unpaired) electrons. The van der Waals surface area contributed by atoms with Crippen molar-refractivity contribution in [3.8, 4) is 5.69 Å². The molecule has 0 aromatic carbocycles. The first-order valence-electron chi connectivity index (χ1n) is 8.39. The second-order valence-electron chi connectivity index (χ2n) is 6.56. The summed E-state index contributed by atoms with van der Waals surface area (Å²) in [6, 6.07) is 3.87. The monoisotopic (exact) mass is 352 g/mol. The molecule has 9 nitrogen and oxygen atoms in total. The molecule has 3 aromatic heterocycles. The van der Waals surface area contributed by atoms with E-state index in [0.717, 1.165) is 5.69 Å². The lowest BCUT2D eigenvalue weighted by Crippen LogP contribution is -2.37. The van der Waals surface area contributed by atoms with E-state index in [-0.39, 0.29) is 18.0 Å². The van der Waals surface area contributed by atoms with E-state index in [4.69, 9.17) is 0 Å². The maximum Gasteiger partial charge on any atom is 0.272 e. The molecule has 9 heteroatoms. The van der Waals surface area contributed by atoms with Gasteiger partial charge in [-0.05, 0) is 26.2 Å². The van der Waals surface area contributed by atoms with Crippen molar-refractivity contribution in [3.63, 3.8) is 0 Å². The number of likely N-dealkylation sites (tertiary alicyclic amines) is 1. The molecule has 3 aromatic rings. The van der Waals surface area contributed by atoms with Crippen molar-refractivity contribution < 1.29 is 4.79 Å². The lowest BCUT2D eigenvalue weighted by Gasteiger charge is -2.24. The Morgan fingerprint density at radius 2 is 2.08 bits per heavy atom. The highest BCUT2D eigenvalue weighted by molar-refractivity contribution is 5.93. The van der Waals surface area contributed by atoms with Crippen molar-refractivity contribution >= 4 is 5.91 Å². The average Bonchev–Trinajstić information content (AvgIpc) is 3.42. The fraction of sp³-hybridized carbons (Fsp3) is 0.353. The lowest BCUT2D eigenvalue weighted by molar-refractivity contribution is 0.0775. The Morgan fingerprint density at radius 3 is 2.77 bits per heavy atom. The molecule has 0 N–H and O–H groups in total. The highest BCUT2D eigenvalue weighted by Gasteiger charge is 2.38. The van der Waals surface area contributed by atoms with Gasteiger partial charge in [-0.3, -0.25) is 9.78 Å². The van der Waals surface area contributed by atoms with E-state index in [2.05, 4.69) is 25.2 Å². The number of rotatable bonds is 4. The van der Waals surface area contributed by atoms with E-state index >= 15 is 0 Å². The Balaban J connectivity index is 1.58. The van der Waals surface area contributed by atoms with Gasteiger partial charge in [0.25, 0.3) is 5.91 Å². The smallest absolute Gasteiger partial charge is 0.272 e. The van der Waals surface area contributed by atoms with Gasteiger partial charge in [-0.1, -0.05) is 5.21 Å². The van der Waals surface area contributed by atoms with Crippen molar-refractivity contribution in [2.75, 3.05) is 27.2 Å². The summed E-state index contributed by atoms with van der Waals surface area (Å²) in [5.41, 5.74) is 1.28. The van der Waals surface area contributed by atoms with E-state index in [9.17, 15) is 4.79 Å². The fourth-order valence-corrected chi connectivity index (χ4v) is 3.37. The Hall–Kier alpha value is -3.07. The summed E-state index contributed by atoms with van der Waals surface area (Å²) in [6.07, 6.45) is 10.4. The van der Waals surface area contributed by atoms with Crippen molar-refractivity contribution in [2.24, 2.45) is 0 Å². The first kappa shape index (κ1) is 16.4. The molecule has 134 valence electrons. The van der Waals surface area contributed by atoms with E-state index in [0.29, 0.717) is 18.8 Å². The number of aromatic nitrogens is 6. The summed E-state index contributed by atoms with van der Waals surface area (Å²) in [4.78, 5) is 25.3. The number of amides is 1. The fourth-order valence-electron chi connectivity index (χ4n) is 3.37. The third-order valence-electron chi connectivity index (χ3n) is 4.76. The summed E-state index contributed by atoms with van der Waals surface area (Å²) >= 11 is 0. The number of carbonyl (C=O) groups is 1. The van der Waals surface area contributed by atoms with Crippen LogP contribution in [-0.4, -0.2) is 78.5 Å². The van der Waals surface area contributed by atoms with Crippen LogP contribution in [0.25, 0.3) is 5.69 Å². The van der Waals surface area contributed by atoms with E-state index in [1.165, 1.54) is 0 Å². The molecular formula is C17H20N8O. The minimum atomic E-state index is -0.0820. The van der Waals surface area contributed by atoms with Crippen LogP contribution in [-0.2, 0) is 0 Å². The zero-order chi connectivity index (χ0) is 18.1. The Bertz CT molecular complexity index is 874. The van der Waals surface area contributed by atoms with Crippen LogP contribution in [0.2, 0.25) is 0 Å². The normalized spacial score (nSPS) is 20.0. The highest BCUT2D eigenvalue weighted by Crippen LogP contribution is 2.25. The van der Waals surface area contributed by atoms with Crippen LogP contribution >= 0.6 is 0 Å². The topological polar surface area (TPSA) is 85.0 Å². The molecule has 26 heavy (non-hydrogen) atoms. The van der Waals surface area contributed by atoms with Gasteiger partial charge in [0.05, 0.1) is 30.3 Å². The Morgan fingerprint density at radius 1 is 1.19 bits per heavy atom. The molecule has 1 aliphatic rings. The molecular weight excluding hydrogens is 332 g/mol. The van der Waals surface area contributed by atoms with Gasteiger partial charge in [-0.15, -0.1) is 5.10 Å². The molecule has 1 fully saturated rings. The number of nitrogens with zero attached hydrogens (tertiary/aromatic N) is 8. The van der Waals surface area contributed by atoms with Gasteiger partial charge in [-0.2, -0.15) is 0 Å². The molecule has 2 atom stereocenters. The standard InChI is InChI=1S/C17H20N8O/c1-22(2)15-10-24(11-16(15)25-8-6-20-21-25)17(26)14-9-13(3-4-19-14)23-7-5-18-12-23/h3-9,12,15-16H,10-11H2,1-2H3/t15-,16+/m1/s1. The number of pyridine rings is 1. The Labute approximate surface area is 150 Å². The minimum Gasteiger partial charge on any atom is -0.333 e. The maximum absolute atomic E-state index is 13.0. The van der Waals surface area contributed by atoms with Crippen LogP contribution in [0, 0.1) is 0 Å². The molecule has 4 heterocycles. The van der Waals surface area contributed by atoms with E-state index in [1.54, 1.807) is 31.0 Å². The first-order valence-corrected chi connectivity index (χ1v) is 8.39. The molecule has 4 rings (SSSR count). The zero-order valence-electron chi connectivity index (χ0n) is 14.7. The van der Waals surface area contributed by atoms with Crippen molar-refractivity contribution in [2.45, 2.75) is 12.1 Å². The highest BCUT2D eigenvalue weighted by atomic mass is 16.2. The van der Waals surface area contributed by atoms with Crippen molar-refractivity contribution in [1.82, 2.24) is 39.3 Å². The summed E-state index contributed by atoms with van der Waals surface area (Å²) in [6.45, 7) is 1.19. The van der Waals surface area contributed by atoms with Gasteiger partial charge >= 0.3 is 0 Å². The van der Waals surface area contributed by atoms with Gasteiger partial charge in [0.1, 0.15) is 5.69 Å². The lowest BCUT2D eigenvalue weighted by atomic mass is 10.1. The predicted molar refractivity (Wildman–Crippen MR) is 93.8 cm³/mol. The predicted octanol–water partition coefficient (Wildman–Crippen LogP) is 0.486. The van der Waals surface area contributed by atoms with Gasteiger partial charge in [-0.25, -0.2) is 9.67 Å². The van der Waals surface area contributed by atoms with Crippen molar-refractivity contribution in [3.05, 3.63) is 55.1 Å². The Kier molecular flexibility index (Phi) is 4.21. The molecule has 0 saturated carbocycles. The van der Waals surface area contributed by atoms with Crippen LogP contribution in [0.5, 0.6) is 0 Å².